The standard InChI is InChI=1S/C18H26FN3OS/c1-13(14-5-7-15(19)8-6-14)9-10-18(23,17(2,3)4)11-22-16(24)20-12-21-22/h5-8,12-13,23H,9-11H2,1-4H3,(H,20,21,24). The average Bonchev–Trinajstić information content (AvgIpc) is 2.89. The molecule has 6 heteroatoms. The summed E-state index contributed by atoms with van der Waals surface area (Å²) in [6, 6.07) is 6.56. The molecule has 0 bridgehead atoms. The third-order valence-corrected chi connectivity index (χ3v) is 5.18. The first kappa shape index (κ1) is 18.9. The number of halogens is 1. The fourth-order valence-electron chi connectivity index (χ4n) is 2.72. The first-order chi connectivity index (χ1) is 11.1. The first-order valence-electron chi connectivity index (χ1n) is 8.17. The van der Waals surface area contributed by atoms with Crippen LogP contribution in [-0.2, 0) is 6.54 Å². The molecule has 132 valence electrons. The smallest absolute Gasteiger partial charge is 0.183 e. The second-order valence-electron chi connectivity index (χ2n) is 7.49. The van der Waals surface area contributed by atoms with Crippen LogP contribution in [0.1, 0.15) is 52.0 Å². The van der Waals surface area contributed by atoms with Crippen molar-refractivity contribution in [3.8, 4) is 0 Å². The van der Waals surface area contributed by atoms with Gasteiger partial charge in [0, 0.05) is 0 Å². The van der Waals surface area contributed by atoms with Crippen LogP contribution in [0.4, 0.5) is 4.39 Å². The van der Waals surface area contributed by atoms with Gasteiger partial charge in [0.25, 0.3) is 0 Å². The predicted molar refractivity (Wildman–Crippen MR) is 95.7 cm³/mol. The zero-order valence-corrected chi connectivity index (χ0v) is 15.6. The molecule has 4 nitrogen and oxygen atoms in total. The fourth-order valence-corrected chi connectivity index (χ4v) is 2.90. The average molecular weight is 351 g/mol. The van der Waals surface area contributed by atoms with Crippen molar-refractivity contribution >= 4 is 12.6 Å². The molecule has 0 saturated carbocycles. The minimum atomic E-state index is -0.952. The van der Waals surface area contributed by atoms with Gasteiger partial charge in [-0.05, 0) is 41.9 Å². The van der Waals surface area contributed by atoms with Crippen molar-refractivity contribution in [2.75, 3.05) is 0 Å². The highest BCUT2D eigenvalue weighted by atomic mass is 32.1. The molecule has 1 N–H and O–H groups in total. The van der Waals surface area contributed by atoms with Crippen LogP contribution in [0, 0.1) is 11.2 Å². The Morgan fingerprint density at radius 2 is 1.88 bits per heavy atom. The van der Waals surface area contributed by atoms with Crippen molar-refractivity contribution in [2.45, 2.75) is 63.8 Å². The summed E-state index contributed by atoms with van der Waals surface area (Å²) in [5, 5.41) is 15.9. The summed E-state index contributed by atoms with van der Waals surface area (Å²) >= 11 is 4.27. The minimum absolute atomic E-state index is 0.227. The number of thiol groups is 1. The summed E-state index contributed by atoms with van der Waals surface area (Å²) in [6.45, 7) is 8.49. The molecule has 1 aromatic heterocycles. The van der Waals surface area contributed by atoms with E-state index in [1.807, 2.05) is 20.8 Å². The van der Waals surface area contributed by atoms with Gasteiger partial charge in [-0.3, -0.25) is 0 Å². The van der Waals surface area contributed by atoms with E-state index in [9.17, 15) is 9.50 Å². The zero-order chi connectivity index (χ0) is 18.0. The van der Waals surface area contributed by atoms with Crippen LogP contribution in [0.3, 0.4) is 0 Å². The van der Waals surface area contributed by atoms with E-state index in [1.54, 1.807) is 16.8 Å². The van der Waals surface area contributed by atoms with Crippen LogP contribution in [0.2, 0.25) is 0 Å². The van der Waals surface area contributed by atoms with Gasteiger partial charge in [-0.1, -0.05) is 39.8 Å². The van der Waals surface area contributed by atoms with Crippen LogP contribution < -0.4 is 0 Å². The van der Waals surface area contributed by atoms with E-state index < -0.39 is 5.60 Å². The number of aromatic nitrogens is 3. The second-order valence-corrected chi connectivity index (χ2v) is 7.89. The van der Waals surface area contributed by atoms with Gasteiger partial charge in [-0.2, -0.15) is 5.10 Å². The maximum Gasteiger partial charge on any atom is 0.183 e. The molecule has 0 radical (unpaired) electrons. The molecule has 0 aliphatic heterocycles. The predicted octanol–water partition coefficient (Wildman–Crippen LogP) is 4.07. The third kappa shape index (κ3) is 4.36. The largest absolute Gasteiger partial charge is 0.387 e. The lowest BCUT2D eigenvalue weighted by atomic mass is 9.72. The monoisotopic (exact) mass is 351 g/mol. The minimum Gasteiger partial charge on any atom is -0.387 e. The lowest BCUT2D eigenvalue weighted by Crippen LogP contribution is -2.47. The molecule has 0 amide bonds. The van der Waals surface area contributed by atoms with Crippen LogP contribution in [0.25, 0.3) is 0 Å². The molecule has 0 aliphatic rings. The molecular formula is C18H26FN3OS. The maximum atomic E-state index is 13.1. The van der Waals surface area contributed by atoms with E-state index >= 15 is 0 Å². The number of hydrogen-bond acceptors (Lipinski definition) is 4. The molecule has 1 heterocycles. The second kappa shape index (κ2) is 7.23. The Morgan fingerprint density at radius 3 is 2.38 bits per heavy atom. The summed E-state index contributed by atoms with van der Waals surface area (Å²) < 4.78 is 14.7. The summed E-state index contributed by atoms with van der Waals surface area (Å²) in [7, 11) is 0. The van der Waals surface area contributed by atoms with E-state index in [-0.39, 0.29) is 17.2 Å². The summed E-state index contributed by atoms with van der Waals surface area (Å²) in [5.41, 5.74) is -0.211. The number of hydrogen-bond donors (Lipinski definition) is 2. The first-order valence-corrected chi connectivity index (χ1v) is 8.62. The molecular weight excluding hydrogens is 325 g/mol. The van der Waals surface area contributed by atoms with Gasteiger partial charge < -0.3 is 5.11 Å². The third-order valence-electron chi connectivity index (χ3n) is 4.83. The summed E-state index contributed by atoms with van der Waals surface area (Å²) in [6.07, 6.45) is 2.82. The fraction of sp³-hybridized carbons (Fsp3) is 0.556. The molecule has 2 unspecified atom stereocenters. The van der Waals surface area contributed by atoms with Gasteiger partial charge in [0.1, 0.15) is 12.1 Å². The van der Waals surface area contributed by atoms with E-state index in [0.717, 1.165) is 12.0 Å². The molecule has 2 rings (SSSR count). The SMILES string of the molecule is CC(CCC(O)(Cn1ncnc1S)C(C)(C)C)c1ccc(F)cc1. The molecule has 2 aromatic rings. The summed E-state index contributed by atoms with van der Waals surface area (Å²) in [5.74, 6) is -0.00432. The zero-order valence-electron chi connectivity index (χ0n) is 14.7. The van der Waals surface area contributed by atoms with Gasteiger partial charge in [0.15, 0.2) is 5.16 Å². The Morgan fingerprint density at radius 1 is 1.25 bits per heavy atom. The van der Waals surface area contributed by atoms with E-state index in [1.165, 1.54) is 18.5 Å². The summed E-state index contributed by atoms with van der Waals surface area (Å²) in [4.78, 5) is 4.00. The highest BCUT2D eigenvalue weighted by Crippen LogP contribution is 2.38. The highest BCUT2D eigenvalue weighted by molar-refractivity contribution is 7.80. The van der Waals surface area contributed by atoms with Gasteiger partial charge in [0.05, 0.1) is 12.1 Å². The molecule has 0 aliphatic carbocycles. The Bertz CT molecular complexity index is 666. The topological polar surface area (TPSA) is 50.9 Å². The van der Waals surface area contributed by atoms with Gasteiger partial charge >= 0.3 is 0 Å². The Balaban J connectivity index is 2.11. The van der Waals surface area contributed by atoms with Crippen molar-refractivity contribution in [1.29, 1.82) is 0 Å². The highest BCUT2D eigenvalue weighted by Gasteiger charge is 2.41. The number of rotatable bonds is 6. The molecule has 1 aromatic carbocycles. The van der Waals surface area contributed by atoms with Gasteiger partial charge in [-0.25, -0.2) is 14.1 Å². The molecule has 0 saturated heterocycles. The number of benzene rings is 1. The van der Waals surface area contributed by atoms with Crippen LogP contribution in [-0.4, -0.2) is 25.5 Å². The Kier molecular flexibility index (Phi) is 5.71. The molecule has 2 atom stereocenters. The van der Waals surface area contributed by atoms with Crippen molar-refractivity contribution in [1.82, 2.24) is 14.8 Å². The van der Waals surface area contributed by atoms with E-state index in [4.69, 9.17) is 0 Å². The van der Waals surface area contributed by atoms with Crippen molar-refractivity contribution in [3.63, 3.8) is 0 Å². The maximum absolute atomic E-state index is 13.1. The molecule has 0 spiro atoms. The lowest BCUT2D eigenvalue weighted by molar-refractivity contribution is -0.0835. The normalized spacial score (nSPS) is 16.0. The Labute approximate surface area is 148 Å². The molecule has 0 fully saturated rings. The number of aliphatic hydroxyl groups is 1. The van der Waals surface area contributed by atoms with Gasteiger partial charge in [-0.15, -0.1) is 12.6 Å². The van der Waals surface area contributed by atoms with E-state index in [0.29, 0.717) is 18.1 Å². The van der Waals surface area contributed by atoms with E-state index in [2.05, 4.69) is 29.6 Å². The number of nitrogens with zero attached hydrogens (tertiary/aromatic N) is 3. The quantitative estimate of drug-likeness (QED) is 0.772. The van der Waals surface area contributed by atoms with Crippen LogP contribution in [0.15, 0.2) is 35.7 Å². The van der Waals surface area contributed by atoms with Gasteiger partial charge in [0.2, 0.25) is 0 Å². The van der Waals surface area contributed by atoms with Crippen molar-refractivity contribution < 1.29 is 9.50 Å². The lowest BCUT2D eigenvalue weighted by Gasteiger charge is -2.41. The van der Waals surface area contributed by atoms with Crippen LogP contribution >= 0.6 is 12.6 Å². The van der Waals surface area contributed by atoms with Crippen LogP contribution in [0.5, 0.6) is 0 Å². The van der Waals surface area contributed by atoms with Crippen molar-refractivity contribution in [2.24, 2.45) is 5.41 Å². The van der Waals surface area contributed by atoms with Crippen molar-refractivity contribution in [3.05, 3.63) is 42.0 Å². The molecule has 24 heavy (non-hydrogen) atoms. The Hall–Kier alpha value is -1.40.